The van der Waals surface area contributed by atoms with Crippen LogP contribution in [0.15, 0.2) is 57.2 Å². The van der Waals surface area contributed by atoms with E-state index in [1.807, 2.05) is 55.0 Å². The van der Waals surface area contributed by atoms with Crippen LogP contribution in [0.1, 0.15) is 30.2 Å². The molecule has 1 N–H and O–H groups in total. The van der Waals surface area contributed by atoms with Crippen molar-refractivity contribution in [1.82, 2.24) is 24.2 Å². The lowest BCUT2D eigenvalue weighted by Gasteiger charge is -2.11. The molecule has 0 aliphatic carbocycles. The lowest BCUT2D eigenvalue weighted by atomic mass is 10.1. The van der Waals surface area contributed by atoms with Gasteiger partial charge in [-0.05, 0) is 63.7 Å². The smallest absolute Gasteiger partial charge is 0.408 e. The van der Waals surface area contributed by atoms with E-state index in [9.17, 15) is 9.59 Å². The molecule has 4 aromatic heterocycles. The van der Waals surface area contributed by atoms with Gasteiger partial charge in [0.1, 0.15) is 0 Å². The Morgan fingerprint density at radius 1 is 1.23 bits per heavy atom. The second-order valence-corrected chi connectivity index (χ2v) is 9.86. The van der Waals surface area contributed by atoms with Gasteiger partial charge in [-0.25, -0.2) is 14.5 Å². The van der Waals surface area contributed by atoms with Crippen LogP contribution < -0.4 is 11.1 Å². The Bertz CT molecular complexity index is 1580. The summed E-state index contributed by atoms with van der Waals surface area (Å²) in [6, 6.07) is 11.0. The third-order valence-corrected chi connectivity index (χ3v) is 6.66. The third-order valence-electron chi connectivity index (χ3n) is 5.77. The number of fused-ring (bicyclic) bond motifs is 2. The normalized spacial score (nSPS) is 11.8. The Morgan fingerprint density at radius 3 is 2.77 bits per heavy atom. The summed E-state index contributed by atoms with van der Waals surface area (Å²) in [7, 11) is 3.89. The van der Waals surface area contributed by atoms with Crippen LogP contribution in [0, 0.1) is 0 Å². The van der Waals surface area contributed by atoms with Crippen molar-refractivity contribution in [3.05, 3.63) is 64.1 Å². The first kappa shape index (κ1) is 23.0. The highest BCUT2D eigenvalue weighted by atomic mass is 32.1. The van der Waals surface area contributed by atoms with Gasteiger partial charge < -0.3 is 14.6 Å². The summed E-state index contributed by atoms with van der Waals surface area (Å²) in [5, 5.41) is 10.1. The van der Waals surface area contributed by atoms with Crippen molar-refractivity contribution in [3.8, 4) is 10.6 Å². The summed E-state index contributed by atoms with van der Waals surface area (Å²) in [6.07, 6.45) is 1.69. The van der Waals surface area contributed by atoms with Crippen LogP contribution in [0.4, 0.5) is 5.69 Å². The molecule has 0 saturated carbocycles. The SMILES string of the molecule is CC(C)n1ncc2c(C(=O)Nc3ccc4oc(=O)n(CCN(C)C)c4c3)cc(-c3cccs3)nc21. The number of oxazole rings is 1. The lowest BCUT2D eigenvalue weighted by molar-refractivity contribution is 0.102. The average molecular weight is 491 g/mol. The minimum atomic E-state index is -0.414. The van der Waals surface area contributed by atoms with Crippen molar-refractivity contribution < 1.29 is 9.21 Å². The maximum absolute atomic E-state index is 13.5. The number of thiophene rings is 1. The zero-order valence-electron chi connectivity index (χ0n) is 20.0. The Morgan fingerprint density at radius 2 is 2.06 bits per heavy atom. The van der Waals surface area contributed by atoms with Crippen molar-refractivity contribution in [2.24, 2.45) is 0 Å². The summed E-state index contributed by atoms with van der Waals surface area (Å²) >= 11 is 1.57. The largest absolute Gasteiger partial charge is 0.419 e. The quantitative estimate of drug-likeness (QED) is 0.362. The van der Waals surface area contributed by atoms with Crippen molar-refractivity contribution >= 4 is 45.1 Å². The molecule has 0 aliphatic heterocycles. The highest BCUT2D eigenvalue weighted by Crippen LogP contribution is 2.29. The van der Waals surface area contributed by atoms with Gasteiger partial charge in [-0.2, -0.15) is 5.10 Å². The zero-order chi connectivity index (χ0) is 24.7. The van der Waals surface area contributed by atoms with Crippen molar-refractivity contribution in [2.45, 2.75) is 26.4 Å². The van der Waals surface area contributed by atoms with Gasteiger partial charge >= 0.3 is 5.76 Å². The van der Waals surface area contributed by atoms with Crippen LogP contribution in [-0.2, 0) is 6.54 Å². The fourth-order valence-corrected chi connectivity index (χ4v) is 4.67. The van der Waals surface area contributed by atoms with Gasteiger partial charge in [0.15, 0.2) is 11.2 Å². The van der Waals surface area contributed by atoms with E-state index in [2.05, 4.69) is 10.4 Å². The number of carbonyl (C=O) groups is 1. The second kappa shape index (κ2) is 9.12. The Labute approximate surface area is 205 Å². The minimum Gasteiger partial charge on any atom is -0.408 e. The highest BCUT2D eigenvalue weighted by molar-refractivity contribution is 7.13. The fraction of sp³-hybridized carbons (Fsp3) is 0.280. The number of pyridine rings is 1. The number of rotatable bonds is 7. The van der Waals surface area contributed by atoms with Crippen LogP contribution in [-0.4, -0.2) is 50.8 Å². The predicted octanol–water partition coefficient (Wildman–Crippen LogP) is 4.46. The van der Waals surface area contributed by atoms with Gasteiger partial charge in [0.25, 0.3) is 5.91 Å². The summed E-state index contributed by atoms with van der Waals surface area (Å²) in [5.74, 6) is -0.689. The molecule has 1 aromatic carbocycles. The maximum Gasteiger partial charge on any atom is 0.419 e. The number of likely N-dealkylation sites (N-methyl/N-ethyl adjacent to an activating group) is 1. The molecule has 0 spiro atoms. The van der Waals surface area contributed by atoms with Gasteiger partial charge in [-0.3, -0.25) is 9.36 Å². The summed E-state index contributed by atoms with van der Waals surface area (Å²) < 4.78 is 8.78. The average Bonchev–Trinajstić information content (AvgIpc) is 3.55. The van der Waals surface area contributed by atoms with Crippen LogP contribution in [0.5, 0.6) is 0 Å². The molecule has 9 nitrogen and oxygen atoms in total. The molecule has 0 aliphatic rings. The lowest BCUT2D eigenvalue weighted by Crippen LogP contribution is -2.23. The minimum absolute atomic E-state index is 0.0943. The number of hydrogen-bond donors (Lipinski definition) is 1. The molecule has 5 rings (SSSR count). The molecule has 5 aromatic rings. The van der Waals surface area contributed by atoms with Crippen molar-refractivity contribution in [3.63, 3.8) is 0 Å². The molecule has 180 valence electrons. The molecule has 0 fully saturated rings. The molecule has 35 heavy (non-hydrogen) atoms. The predicted molar refractivity (Wildman–Crippen MR) is 138 cm³/mol. The number of anilines is 1. The van der Waals surface area contributed by atoms with Crippen LogP contribution in [0.2, 0.25) is 0 Å². The number of carbonyl (C=O) groups excluding carboxylic acids is 1. The van der Waals surface area contributed by atoms with E-state index in [1.165, 1.54) is 0 Å². The van der Waals surface area contributed by atoms with Crippen LogP contribution in [0.25, 0.3) is 32.7 Å². The fourth-order valence-electron chi connectivity index (χ4n) is 3.98. The first-order valence-corrected chi connectivity index (χ1v) is 12.2. The number of aromatic nitrogens is 4. The van der Waals surface area contributed by atoms with Gasteiger partial charge in [-0.1, -0.05) is 6.07 Å². The van der Waals surface area contributed by atoms with E-state index in [1.54, 1.807) is 46.4 Å². The number of nitrogens with zero attached hydrogens (tertiary/aromatic N) is 5. The highest BCUT2D eigenvalue weighted by Gasteiger charge is 2.20. The number of nitrogens with one attached hydrogen (secondary N) is 1. The third kappa shape index (κ3) is 4.38. The molecule has 0 unspecified atom stereocenters. The second-order valence-electron chi connectivity index (χ2n) is 8.91. The Kier molecular flexibility index (Phi) is 6.00. The molecule has 4 heterocycles. The van der Waals surface area contributed by atoms with Crippen LogP contribution >= 0.6 is 11.3 Å². The standard InChI is InChI=1S/C25H26N6O3S/c1-15(2)31-23-18(14-26-31)17(13-19(28-23)22-6-5-11-35-22)24(32)27-16-7-8-21-20(12-16)30(25(33)34-21)10-9-29(3)4/h5-8,11-15H,9-10H2,1-4H3,(H,27,32). The number of hydrogen-bond acceptors (Lipinski definition) is 7. The van der Waals surface area contributed by atoms with Gasteiger partial charge in [0.05, 0.1) is 33.2 Å². The van der Waals surface area contributed by atoms with E-state index >= 15 is 0 Å². The van der Waals surface area contributed by atoms with Gasteiger partial charge in [0.2, 0.25) is 0 Å². The molecular weight excluding hydrogens is 464 g/mol. The molecule has 0 radical (unpaired) electrons. The Hall–Kier alpha value is -3.76. The monoisotopic (exact) mass is 490 g/mol. The van der Waals surface area contributed by atoms with Gasteiger partial charge in [-0.15, -0.1) is 11.3 Å². The van der Waals surface area contributed by atoms with Gasteiger partial charge in [0, 0.05) is 24.8 Å². The first-order valence-electron chi connectivity index (χ1n) is 11.3. The van der Waals surface area contributed by atoms with E-state index in [0.717, 1.165) is 10.6 Å². The molecular formula is C25H26N6O3S. The summed E-state index contributed by atoms with van der Waals surface area (Å²) in [5.41, 5.74) is 3.57. The van der Waals surface area contributed by atoms with E-state index in [0.29, 0.717) is 46.5 Å². The Balaban J connectivity index is 1.54. The van der Waals surface area contributed by atoms with E-state index in [4.69, 9.17) is 9.40 Å². The molecule has 0 saturated heterocycles. The molecule has 1 amide bonds. The van der Waals surface area contributed by atoms with E-state index < -0.39 is 5.76 Å². The molecule has 0 bridgehead atoms. The number of amides is 1. The first-order chi connectivity index (χ1) is 16.8. The molecule has 0 atom stereocenters. The topological polar surface area (TPSA) is 98.2 Å². The number of benzene rings is 1. The van der Waals surface area contributed by atoms with E-state index in [-0.39, 0.29) is 11.9 Å². The molecule has 10 heteroatoms. The zero-order valence-corrected chi connectivity index (χ0v) is 20.8. The summed E-state index contributed by atoms with van der Waals surface area (Å²) in [6.45, 7) is 5.23. The van der Waals surface area contributed by atoms with Crippen LogP contribution in [0.3, 0.4) is 0 Å². The van der Waals surface area contributed by atoms with Crippen molar-refractivity contribution in [2.75, 3.05) is 26.0 Å². The van der Waals surface area contributed by atoms with Crippen molar-refractivity contribution in [1.29, 1.82) is 0 Å². The summed E-state index contributed by atoms with van der Waals surface area (Å²) in [4.78, 5) is 33.6. The maximum atomic E-state index is 13.5.